The predicted octanol–water partition coefficient (Wildman–Crippen LogP) is 0.825. The van der Waals surface area contributed by atoms with Crippen molar-refractivity contribution in [1.29, 1.82) is 0 Å². The van der Waals surface area contributed by atoms with Gasteiger partial charge in [0.15, 0.2) is 0 Å². The van der Waals surface area contributed by atoms with Crippen LogP contribution in [0.1, 0.15) is 10.4 Å². The van der Waals surface area contributed by atoms with Crippen molar-refractivity contribution in [2.45, 2.75) is 0 Å². The van der Waals surface area contributed by atoms with E-state index in [1.165, 1.54) is 18.3 Å². The lowest BCUT2D eigenvalue weighted by Gasteiger charge is -1.89. The molecule has 0 saturated carbocycles. The first-order valence-corrected chi connectivity index (χ1v) is 3.02. The summed E-state index contributed by atoms with van der Waals surface area (Å²) in [5, 5.41) is 2.84. The topological polar surface area (TPSA) is 98.7 Å². The third-order valence-corrected chi connectivity index (χ3v) is 1.17. The number of azide groups is 1. The van der Waals surface area contributed by atoms with E-state index < -0.39 is 5.91 Å². The normalized spacial score (nSPS) is 8.67. The van der Waals surface area contributed by atoms with Crippen LogP contribution >= 0.6 is 0 Å². The second kappa shape index (κ2) is 3.36. The molecule has 0 spiro atoms. The molecule has 0 aliphatic carbocycles. The van der Waals surface area contributed by atoms with Gasteiger partial charge < -0.3 is 4.98 Å². The van der Waals surface area contributed by atoms with Gasteiger partial charge in [0.25, 0.3) is 5.91 Å². The molecular weight excluding hydrogens is 160 g/mol. The SMILES string of the molecule is [N-]=[N+]=NC(=O)c1ccc(=O)[nH]c1. The van der Waals surface area contributed by atoms with Crippen LogP contribution in [-0.2, 0) is 0 Å². The monoisotopic (exact) mass is 164 g/mol. The number of nitrogens with zero attached hydrogens (tertiary/aromatic N) is 3. The number of rotatable bonds is 1. The molecule has 0 aliphatic rings. The third-order valence-electron chi connectivity index (χ3n) is 1.17. The zero-order valence-electron chi connectivity index (χ0n) is 5.89. The van der Waals surface area contributed by atoms with Crippen molar-refractivity contribution in [3.63, 3.8) is 0 Å². The molecule has 1 rings (SSSR count). The average Bonchev–Trinajstić information content (AvgIpc) is 2.06. The van der Waals surface area contributed by atoms with Crippen LogP contribution in [-0.4, -0.2) is 10.9 Å². The summed E-state index contributed by atoms with van der Waals surface area (Å²) in [6.07, 6.45) is 1.19. The number of carbonyl (C=O) groups is 1. The van der Waals surface area contributed by atoms with Gasteiger partial charge in [-0.2, -0.15) is 0 Å². The van der Waals surface area contributed by atoms with Crippen molar-refractivity contribution >= 4 is 5.91 Å². The molecule has 0 saturated heterocycles. The maximum atomic E-state index is 10.8. The van der Waals surface area contributed by atoms with Crippen LogP contribution in [0, 0.1) is 0 Å². The molecule has 1 heterocycles. The smallest absolute Gasteiger partial charge is 0.250 e. The van der Waals surface area contributed by atoms with Crippen molar-refractivity contribution in [1.82, 2.24) is 4.98 Å². The van der Waals surface area contributed by atoms with Gasteiger partial charge in [-0.1, -0.05) is 0 Å². The number of hydrogen-bond donors (Lipinski definition) is 1. The molecule has 60 valence electrons. The summed E-state index contributed by atoms with van der Waals surface area (Å²) in [6.45, 7) is 0. The van der Waals surface area contributed by atoms with Crippen molar-refractivity contribution in [2.75, 3.05) is 0 Å². The Kier molecular flexibility index (Phi) is 2.25. The molecule has 0 bridgehead atoms. The van der Waals surface area contributed by atoms with Crippen LogP contribution in [0.5, 0.6) is 0 Å². The van der Waals surface area contributed by atoms with Crippen molar-refractivity contribution in [3.8, 4) is 0 Å². The van der Waals surface area contributed by atoms with Gasteiger partial charge in [-0.25, -0.2) is 0 Å². The minimum atomic E-state index is -0.714. The molecule has 0 radical (unpaired) electrons. The van der Waals surface area contributed by atoms with E-state index in [0.29, 0.717) is 0 Å². The van der Waals surface area contributed by atoms with Gasteiger partial charge in [0.05, 0.1) is 0 Å². The van der Waals surface area contributed by atoms with Crippen molar-refractivity contribution in [2.24, 2.45) is 5.11 Å². The minimum absolute atomic E-state index is 0.160. The van der Waals surface area contributed by atoms with Crippen LogP contribution in [0.25, 0.3) is 10.4 Å². The maximum absolute atomic E-state index is 10.8. The molecule has 6 nitrogen and oxygen atoms in total. The van der Waals surface area contributed by atoms with Gasteiger partial charge in [-0.3, -0.25) is 9.59 Å². The van der Waals surface area contributed by atoms with Crippen molar-refractivity contribution in [3.05, 3.63) is 44.7 Å². The third kappa shape index (κ3) is 1.71. The number of aromatic amines is 1. The highest BCUT2D eigenvalue weighted by Gasteiger charge is 2.00. The Labute approximate surface area is 66.5 Å². The first kappa shape index (κ1) is 8.03. The molecule has 0 atom stereocenters. The second-order valence-corrected chi connectivity index (χ2v) is 1.94. The van der Waals surface area contributed by atoms with E-state index in [2.05, 4.69) is 15.0 Å². The molecule has 0 unspecified atom stereocenters. The quantitative estimate of drug-likeness (QED) is 0.377. The number of H-pyrrole nitrogens is 1. The summed E-state index contributed by atoms with van der Waals surface area (Å²) in [7, 11) is 0. The fourth-order valence-electron chi connectivity index (χ4n) is 0.642. The highest BCUT2D eigenvalue weighted by molar-refractivity contribution is 5.94. The average molecular weight is 164 g/mol. The van der Waals surface area contributed by atoms with Crippen LogP contribution in [0.2, 0.25) is 0 Å². The number of nitrogens with one attached hydrogen (secondary N) is 1. The summed E-state index contributed by atoms with van der Waals surface area (Å²) < 4.78 is 0. The zero-order valence-corrected chi connectivity index (χ0v) is 5.89. The Morgan fingerprint density at radius 2 is 2.33 bits per heavy atom. The van der Waals surface area contributed by atoms with Crippen LogP contribution in [0.4, 0.5) is 0 Å². The molecule has 1 N–H and O–H groups in total. The Morgan fingerprint density at radius 3 is 2.83 bits per heavy atom. The molecule has 0 aliphatic heterocycles. The van der Waals surface area contributed by atoms with Crippen molar-refractivity contribution < 1.29 is 4.79 Å². The van der Waals surface area contributed by atoms with E-state index in [1.54, 1.807) is 0 Å². The fraction of sp³-hybridized carbons (Fsp3) is 0. The van der Waals surface area contributed by atoms with E-state index in [9.17, 15) is 9.59 Å². The molecular formula is C6H4N4O2. The first-order chi connectivity index (χ1) is 5.74. The Morgan fingerprint density at radius 1 is 1.58 bits per heavy atom. The summed E-state index contributed by atoms with van der Waals surface area (Å²) >= 11 is 0. The standard InChI is InChI=1S/C6H4N4O2/c7-10-9-6(12)4-1-2-5(11)8-3-4/h1-3H,(H,8,11). The second-order valence-electron chi connectivity index (χ2n) is 1.94. The number of pyridine rings is 1. The van der Waals surface area contributed by atoms with E-state index in [0.717, 1.165) is 0 Å². The van der Waals surface area contributed by atoms with Gasteiger partial charge in [0.2, 0.25) is 5.56 Å². The highest BCUT2D eigenvalue weighted by Crippen LogP contribution is 1.95. The summed E-state index contributed by atoms with van der Waals surface area (Å²) in [5.41, 5.74) is 7.77. The highest BCUT2D eigenvalue weighted by atomic mass is 16.1. The van der Waals surface area contributed by atoms with Gasteiger partial charge >= 0.3 is 0 Å². The molecule has 1 aromatic heterocycles. The summed E-state index contributed by atoms with van der Waals surface area (Å²) in [4.78, 5) is 25.9. The molecule has 1 amide bonds. The van der Waals surface area contributed by atoms with Gasteiger partial charge in [-0.15, -0.1) is 0 Å². The Bertz CT molecular complexity index is 382. The number of carbonyl (C=O) groups excluding carboxylic acids is 1. The number of hydrogen-bond acceptors (Lipinski definition) is 2. The van der Waals surface area contributed by atoms with Gasteiger partial charge in [0.1, 0.15) is 0 Å². The minimum Gasteiger partial charge on any atom is -0.328 e. The molecule has 12 heavy (non-hydrogen) atoms. The maximum Gasteiger partial charge on any atom is 0.250 e. The van der Waals surface area contributed by atoms with Gasteiger partial charge in [-0.05, 0) is 16.7 Å². The first-order valence-electron chi connectivity index (χ1n) is 3.02. The predicted molar refractivity (Wildman–Crippen MR) is 40.5 cm³/mol. The van der Waals surface area contributed by atoms with E-state index >= 15 is 0 Å². The van der Waals surface area contributed by atoms with Crippen LogP contribution < -0.4 is 5.56 Å². The molecule has 0 aromatic carbocycles. The number of aromatic nitrogens is 1. The Balaban J connectivity index is 3.05. The Hall–Kier alpha value is -2.07. The fourth-order valence-corrected chi connectivity index (χ4v) is 0.642. The lowest BCUT2D eigenvalue weighted by atomic mass is 10.3. The van der Waals surface area contributed by atoms with E-state index in [-0.39, 0.29) is 11.1 Å². The molecule has 0 fully saturated rings. The van der Waals surface area contributed by atoms with E-state index in [1.807, 2.05) is 0 Å². The molecule has 6 heteroatoms. The van der Waals surface area contributed by atoms with Crippen LogP contribution in [0.3, 0.4) is 0 Å². The lowest BCUT2D eigenvalue weighted by molar-refractivity contribution is 0.1000. The van der Waals surface area contributed by atoms with Gasteiger partial charge in [0, 0.05) is 22.7 Å². The summed E-state index contributed by atoms with van der Waals surface area (Å²) in [5.74, 6) is -0.714. The number of amides is 1. The van der Waals surface area contributed by atoms with E-state index in [4.69, 9.17) is 5.53 Å². The zero-order chi connectivity index (χ0) is 8.97. The largest absolute Gasteiger partial charge is 0.328 e. The summed E-state index contributed by atoms with van der Waals surface area (Å²) in [6, 6.07) is 2.47. The van der Waals surface area contributed by atoms with Crippen LogP contribution in [0.15, 0.2) is 28.2 Å². The lowest BCUT2D eigenvalue weighted by Crippen LogP contribution is -2.05. The molecule has 1 aromatic rings.